The van der Waals surface area contributed by atoms with Crippen molar-refractivity contribution in [2.24, 2.45) is 11.3 Å². The van der Waals surface area contributed by atoms with Gasteiger partial charge in [0.25, 0.3) is 0 Å². The van der Waals surface area contributed by atoms with E-state index >= 15 is 0 Å². The number of hydrogen-bond acceptors (Lipinski definition) is 6. The standard InChI is InChI=1S/C36H57ClN2O6Si/c1-25(24-26(2)29-21-22-30(43-10)34(42)44-29)16-13-14-18-31(40)39-32(35(4,5)6)33(41)38-23-15-17-28(20-19-27(3)37)45-46(11,12)36(7,8)9/h13-16,18-19,22-24,26,28-29,32H,17,20-21H2,1-12H3,(H,38,41)(H,39,40)/t26-,28+,29-,32+/m0/s1. The molecule has 8 nitrogen and oxygen atoms in total. The van der Waals surface area contributed by atoms with Gasteiger partial charge < -0.3 is 24.5 Å². The quantitative estimate of drug-likeness (QED) is 0.0789. The van der Waals surface area contributed by atoms with Crippen molar-refractivity contribution in [2.45, 2.75) is 118 Å². The van der Waals surface area contributed by atoms with Crippen LogP contribution in [0.25, 0.3) is 0 Å². The zero-order valence-electron chi connectivity index (χ0n) is 30.0. The van der Waals surface area contributed by atoms with Gasteiger partial charge in [-0.2, -0.15) is 0 Å². The third-order valence-corrected chi connectivity index (χ3v) is 12.8. The van der Waals surface area contributed by atoms with Crippen LogP contribution in [-0.2, 0) is 28.3 Å². The van der Waals surface area contributed by atoms with E-state index in [0.717, 1.165) is 10.6 Å². The number of allylic oxidation sites excluding steroid dienone is 5. The predicted octanol–water partition coefficient (Wildman–Crippen LogP) is 8.00. The normalized spacial score (nSPS) is 19.2. The molecule has 2 amide bonds. The van der Waals surface area contributed by atoms with Crippen molar-refractivity contribution in [1.82, 2.24) is 10.6 Å². The average molecular weight is 677 g/mol. The Morgan fingerprint density at radius 1 is 1.11 bits per heavy atom. The van der Waals surface area contributed by atoms with Crippen LogP contribution >= 0.6 is 11.6 Å². The highest BCUT2D eigenvalue weighted by Gasteiger charge is 2.39. The average Bonchev–Trinajstić information content (AvgIpc) is 2.93. The molecule has 0 fully saturated rings. The van der Waals surface area contributed by atoms with Gasteiger partial charge in [0.15, 0.2) is 14.1 Å². The van der Waals surface area contributed by atoms with Gasteiger partial charge >= 0.3 is 5.97 Å². The lowest BCUT2D eigenvalue weighted by Crippen LogP contribution is -2.52. The molecule has 0 aromatic carbocycles. The number of hydrogen-bond donors (Lipinski definition) is 2. The summed E-state index contributed by atoms with van der Waals surface area (Å²) in [5.74, 6) is -0.899. The Kier molecular flexibility index (Phi) is 16.5. The van der Waals surface area contributed by atoms with Gasteiger partial charge in [0.2, 0.25) is 11.8 Å². The van der Waals surface area contributed by atoms with Gasteiger partial charge in [-0.05, 0) is 62.5 Å². The van der Waals surface area contributed by atoms with Crippen LogP contribution in [-0.4, -0.2) is 51.5 Å². The zero-order chi connectivity index (χ0) is 35.3. The minimum Gasteiger partial charge on any atom is -0.490 e. The molecule has 4 atom stereocenters. The van der Waals surface area contributed by atoms with Crippen molar-refractivity contribution in [2.75, 3.05) is 7.11 Å². The molecule has 258 valence electrons. The van der Waals surface area contributed by atoms with Gasteiger partial charge in [-0.25, -0.2) is 4.79 Å². The molecule has 1 rings (SSSR count). The molecule has 46 heavy (non-hydrogen) atoms. The summed E-state index contributed by atoms with van der Waals surface area (Å²) in [7, 11) is -0.554. The summed E-state index contributed by atoms with van der Waals surface area (Å²) >= 11 is 6.09. The van der Waals surface area contributed by atoms with Crippen molar-refractivity contribution in [3.63, 3.8) is 0 Å². The number of carbonyl (C=O) groups excluding carboxylic acids is 3. The summed E-state index contributed by atoms with van der Waals surface area (Å²) in [5, 5.41) is 6.46. The molecule has 0 radical (unpaired) electrons. The van der Waals surface area contributed by atoms with E-state index in [2.05, 4.69) is 44.5 Å². The van der Waals surface area contributed by atoms with E-state index in [0.29, 0.717) is 19.3 Å². The van der Waals surface area contributed by atoms with Crippen molar-refractivity contribution in [3.05, 3.63) is 71.2 Å². The number of amides is 2. The van der Waals surface area contributed by atoms with Crippen LogP contribution in [0.5, 0.6) is 0 Å². The number of nitrogens with one attached hydrogen (secondary N) is 2. The molecule has 0 aromatic rings. The van der Waals surface area contributed by atoms with Crippen molar-refractivity contribution in [1.29, 1.82) is 0 Å². The molecule has 0 spiro atoms. The molecule has 0 saturated carbocycles. The number of methoxy groups -OCH3 is 1. The topological polar surface area (TPSA) is 103 Å². The van der Waals surface area contributed by atoms with Gasteiger partial charge in [0, 0.05) is 23.4 Å². The molecule has 0 unspecified atom stereocenters. The van der Waals surface area contributed by atoms with E-state index in [1.165, 1.54) is 13.2 Å². The van der Waals surface area contributed by atoms with Crippen molar-refractivity contribution >= 4 is 37.7 Å². The monoisotopic (exact) mass is 676 g/mol. The van der Waals surface area contributed by atoms with E-state index in [4.69, 9.17) is 25.5 Å². The number of cyclic esters (lactones) is 1. The second-order valence-corrected chi connectivity index (χ2v) is 19.8. The third kappa shape index (κ3) is 14.7. The number of ether oxygens (including phenoxy) is 2. The fourth-order valence-corrected chi connectivity index (χ4v) is 5.82. The molecule has 0 aromatic heterocycles. The number of rotatable bonds is 15. The molecule has 2 N–H and O–H groups in total. The zero-order valence-corrected chi connectivity index (χ0v) is 31.7. The lowest BCUT2D eigenvalue weighted by molar-refractivity contribution is -0.151. The second-order valence-electron chi connectivity index (χ2n) is 14.4. The summed E-state index contributed by atoms with van der Waals surface area (Å²) in [4.78, 5) is 37.8. The molecule has 1 aliphatic rings. The third-order valence-electron chi connectivity index (χ3n) is 8.13. The van der Waals surface area contributed by atoms with Gasteiger partial charge in [0.1, 0.15) is 12.1 Å². The highest BCUT2D eigenvalue weighted by atomic mass is 35.5. The first-order valence-electron chi connectivity index (χ1n) is 15.9. The molecule has 0 aliphatic carbocycles. The van der Waals surface area contributed by atoms with Crippen LogP contribution < -0.4 is 10.6 Å². The highest BCUT2D eigenvalue weighted by Crippen LogP contribution is 2.38. The van der Waals surface area contributed by atoms with Crippen LogP contribution in [0.1, 0.15) is 81.6 Å². The lowest BCUT2D eigenvalue weighted by Gasteiger charge is -2.39. The fraction of sp³-hybridized carbons (Fsp3) is 0.583. The maximum atomic E-state index is 13.1. The van der Waals surface area contributed by atoms with Gasteiger partial charge in [0.05, 0.1) is 13.2 Å². The summed E-state index contributed by atoms with van der Waals surface area (Å²) < 4.78 is 17.1. The van der Waals surface area contributed by atoms with Gasteiger partial charge in [-0.3, -0.25) is 9.59 Å². The first-order valence-corrected chi connectivity index (χ1v) is 19.2. The molecule has 10 heteroatoms. The Labute approximate surface area is 283 Å². The molecular formula is C36H57ClN2O6Si. The van der Waals surface area contributed by atoms with Crippen LogP contribution in [0.2, 0.25) is 18.1 Å². The van der Waals surface area contributed by atoms with Crippen molar-refractivity contribution < 1.29 is 28.3 Å². The largest absolute Gasteiger partial charge is 0.490 e. The Morgan fingerprint density at radius 2 is 1.74 bits per heavy atom. The molecule has 0 bridgehead atoms. The van der Waals surface area contributed by atoms with E-state index < -0.39 is 25.7 Å². The molecule has 1 aliphatic heterocycles. The SMILES string of the molecule is COC1=CC[C@@H]([C@@H](C)C=C(C)C=CC=CC(=O)N[C@H](C(=O)NC=CC[C@H](CC=C(C)Cl)O[Si](C)(C)C(C)(C)C)C(C)(C)C)OC1=O. The summed E-state index contributed by atoms with van der Waals surface area (Å²) in [6.07, 6.45) is 17.4. The number of carbonyl (C=O) groups is 3. The Hall–Kier alpha value is -2.88. The number of esters is 1. The maximum absolute atomic E-state index is 13.1. The summed E-state index contributed by atoms with van der Waals surface area (Å²) in [6.45, 7) is 22.5. The van der Waals surface area contributed by atoms with Crippen LogP contribution in [0.15, 0.2) is 71.2 Å². The lowest BCUT2D eigenvalue weighted by atomic mass is 9.86. The van der Waals surface area contributed by atoms with Gasteiger partial charge in [-0.1, -0.05) is 102 Å². The fourth-order valence-electron chi connectivity index (χ4n) is 4.36. The highest BCUT2D eigenvalue weighted by molar-refractivity contribution is 6.74. The summed E-state index contributed by atoms with van der Waals surface area (Å²) in [6, 6.07) is -0.757. The molecular weight excluding hydrogens is 620 g/mol. The van der Waals surface area contributed by atoms with Crippen LogP contribution in [0.3, 0.4) is 0 Å². The Morgan fingerprint density at radius 3 is 2.28 bits per heavy atom. The maximum Gasteiger partial charge on any atom is 0.373 e. The Bertz CT molecular complexity index is 1230. The van der Waals surface area contributed by atoms with Gasteiger partial charge in [-0.15, -0.1) is 0 Å². The molecule has 0 saturated heterocycles. The Balaban J connectivity index is 2.79. The second kappa shape index (κ2) is 18.5. The minimum absolute atomic E-state index is 0.00193. The van der Waals surface area contributed by atoms with Crippen LogP contribution in [0.4, 0.5) is 0 Å². The predicted molar refractivity (Wildman–Crippen MR) is 190 cm³/mol. The first kappa shape index (κ1) is 41.1. The minimum atomic E-state index is -2.00. The molecule has 1 heterocycles. The van der Waals surface area contributed by atoms with E-state index in [-0.39, 0.29) is 40.7 Å². The smallest absolute Gasteiger partial charge is 0.373 e. The summed E-state index contributed by atoms with van der Waals surface area (Å²) in [5.41, 5.74) is 0.435. The number of halogens is 1. The van der Waals surface area contributed by atoms with Crippen LogP contribution in [0, 0.1) is 11.3 Å². The first-order chi connectivity index (χ1) is 21.2. The van der Waals surface area contributed by atoms with E-state index in [9.17, 15) is 14.4 Å². The van der Waals surface area contributed by atoms with E-state index in [1.54, 1.807) is 24.4 Å². The van der Waals surface area contributed by atoms with E-state index in [1.807, 2.05) is 65.8 Å². The van der Waals surface area contributed by atoms with Crippen molar-refractivity contribution in [3.8, 4) is 0 Å².